The highest BCUT2D eigenvalue weighted by Gasteiger charge is 2.36. The van der Waals surface area contributed by atoms with Gasteiger partial charge in [0.15, 0.2) is 0 Å². The molecule has 0 aliphatic rings. The number of benzene rings is 1. The molecule has 2 rings (SSSR count). The Morgan fingerprint density at radius 1 is 1.39 bits per heavy atom. The monoisotopic (exact) mass is 247 g/mol. The van der Waals surface area contributed by atoms with Gasteiger partial charge in [-0.05, 0) is 12.5 Å². The molecular weight excluding hydrogens is 234 g/mol. The molecule has 0 aliphatic heterocycles. The molecule has 0 saturated heterocycles. The average Bonchev–Trinajstić information content (AvgIpc) is 2.75. The summed E-state index contributed by atoms with van der Waals surface area (Å²) in [6.07, 6.45) is 0.116. The van der Waals surface area contributed by atoms with Gasteiger partial charge >= 0.3 is 11.7 Å². The van der Waals surface area contributed by atoms with Crippen LogP contribution in [0.15, 0.2) is 35.1 Å². The highest BCUT2D eigenvalue weighted by atomic mass is 16.4. The second-order valence-electron chi connectivity index (χ2n) is 4.30. The second-order valence-corrected chi connectivity index (χ2v) is 4.30. The summed E-state index contributed by atoms with van der Waals surface area (Å²) in [5, 5.41) is 15.4. The predicted octanol–water partition coefficient (Wildman–Crippen LogP) is 0.683. The quantitative estimate of drug-likeness (QED) is 0.739. The van der Waals surface area contributed by atoms with E-state index in [0.717, 1.165) is 0 Å². The number of carbonyl (C=O) groups is 1. The molecule has 0 bridgehead atoms. The predicted molar refractivity (Wildman–Crippen MR) is 64.3 cm³/mol. The molecule has 94 valence electrons. The molecule has 0 radical (unpaired) electrons. The first-order valence-electron chi connectivity index (χ1n) is 5.45. The van der Waals surface area contributed by atoms with E-state index in [1.165, 1.54) is 0 Å². The van der Waals surface area contributed by atoms with E-state index < -0.39 is 17.1 Å². The summed E-state index contributed by atoms with van der Waals surface area (Å²) < 4.78 is 0. The zero-order chi connectivity index (χ0) is 13.2. The smallest absolute Gasteiger partial charge is 0.340 e. The van der Waals surface area contributed by atoms with Crippen LogP contribution in [0.25, 0.3) is 0 Å². The van der Waals surface area contributed by atoms with E-state index >= 15 is 0 Å². The minimum Gasteiger partial charge on any atom is -0.481 e. The lowest BCUT2D eigenvalue weighted by atomic mass is 9.79. The molecule has 1 atom stereocenters. The molecule has 18 heavy (non-hydrogen) atoms. The Balaban J connectivity index is 2.39. The van der Waals surface area contributed by atoms with Crippen LogP contribution in [-0.2, 0) is 16.6 Å². The van der Waals surface area contributed by atoms with Crippen LogP contribution in [0, 0.1) is 0 Å². The third-order valence-electron chi connectivity index (χ3n) is 2.95. The number of aromatic amines is 2. The topological polar surface area (TPSA) is 98.8 Å². The van der Waals surface area contributed by atoms with Gasteiger partial charge in [-0.3, -0.25) is 9.78 Å². The Labute approximate surface area is 103 Å². The van der Waals surface area contributed by atoms with E-state index in [1.54, 1.807) is 31.2 Å². The summed E-state index contributed by atoms with van der Waals surface area (Å²) in [6, 6.07) is 8.88. The van der Waals surface area contributed by atoms with E-state index in [1.807, 2.05) is 6.07 Å². The number of rotatable bonds is 4. The standard InChI is InChI=1S/C12H13N3O3/c1-12(10(16)17,8-5-3-2-4-6-8)7-9-13-11(18)15-14-9/h2-6H,7H2,1H3,(H,16,17)(H2,13,14,15,18). The van der Waals surface area contributed by atoms with Crippen LogP contribution in [0.5, 0.6) is 0 Å². The largest absolute Gasteiger partial charge is 0.481 e. The number of carboxylic acids is 1. The molecule has 6 nitrogen and oxygen atoms in total. The van der Waals surface area contributed by atoms with Gasteiger partial charge in [0.1, 0.15) is 5.82 Å². The lowest BCUT2D eigenvalue weighted by molar-refractivity contribution is -0.143. The maximum absolute atomic E-state index is 11.5. The number of aliphatic carboxylic acids is 1. The van der Waals surface area contributed by atoms with Crippen LogP contribution in [0.1, 0.15) is 18.3 Å². The minimum absolute atomic E-state index is 0.116. The van der Waals surface area contributed by atoms with Gasteiger partial charge < -0.3 is 5.11 Å². The molecule has 1 heterocycles. The van der Waals surface area contributed by atoms with Crippen molar-refractivity contribution in [1.82, 2.24) is 15.2 Å². The molecule has 1 aromatic heterocycles. The van der Waals surface area contributed by atoms with Crippen molar-refractivity contribution < 1.29 is 9.90 Å². The summed E-state index contributed by atoms with van der Waals surface area (Å²) in [6.45, 7) is 1.61. The van der Waals surface area contributed by atoms with Crippen molar-refractivity contribution >= 4 is 5.97 Å². The highest BCUT2D eigenvalue weighted by Crippen LogP contribution is 2.27. The first kappa shape index (κ1) is 12.1. The molecule has 0 saturated carbocycles. The van der Waals surface area contributed by atoms with E-state index in [4.69, 9.17) is 0 Å². The molecular formula is C12H13N3O3. The van der Waals surface area contributed by atoms with Crippen molar-refractivity contribution in [2.45, 2.75) is 18.8 Å². The van der Waals surface area contributed by atoms with Crippen molar-refractivity contribution in [2.75, 3.05) is 0 Å². The van der Waals surface area contributed by atoms with Crippen LogP contribution in [-0.4, -0.2) is 26.3 Å². The first-order valence-corrected chi connectivity index (χ1v) is 5.45. The summed E-state index contributed by atoms with van der Waals surface area (Å²) in [4.78, 5) is 24.9. The fourth-order valence-corrected chi connectivity index (χ4v) is 1.83. The zero-order valence-electron chi connectivity index (χ0n) is 9.80. The third-order valence-corrected chi connectivity index (χ3v) is 2.95. The van der Waals surface area contributed by atoms with Gasteiger partial charge in [0.05, 0.1) is 5.41 Å². The molecule has 1 aromatic carbocycles. The number of carboxylic acid groups (broad SMARTS) is 1. The molecule has 0 aliphatic carbocycles. The molecule has 3 N–H and O–H groups in total. The highest BCUT2D eigenvalue weighted by molar-refractivity contribution is 5.81. The van der Waals surface area contributed by atoms with Crippen molar-refractivity contribution in [3.8, 4) is 0 Å². The first-order chi connectivity index (χ1) is 8.52. The van der Waals surface area contributed by atoms with Gasteiger partial charge in [-0.15, -0.1) is 0 Å². The summed E-state index contributed by atoms with van der Waals surface area (Å²) >= 11 is 0. The van der Waals surface area contributed by atoms with Crippen molar-refractivity contribution in [3.63, 3.8) is 0 Å². The van der Waals surface area contributed by atoms with Gasteiger partial charge in [-0.1, -0.05) is 30.3 Å². The number of H-pyrrole nitrogens is 2. The van der Waals surface area contributed by atoms with Crippen LogP contribution >= 0.6 is 0 Å². The van der Waals surface area contributed by atoms with Gasteiger partial charge in [0.25, 0.3) is 0 Å². The Morgan fingerprint density at radius 2 is 2.06 bits per heavy atom. The van der Waals surface area contributed by atoms with Gasteiger partial charge in [0, 0.05) is 6.42 Å². The Hall–Kier alpha value is -2.37. The summed E-state index contributed by atoms with van der Waals surface area (Å²) in [5.41, 5.74) is -0.897. The van der Waals surface area contributed by atoms with Crippen LogP contribution in [0.4, 0.5) is 0 Å². The fourth-order valence-electron chi connectivity index (χ4n) is 1.83. The lowest BCUT2D eigenvalue weighted by Gasteiger charge is -2.24. The molecule has 2 aromatic rings. The SMILES string of the molecule is CC(Cc1n[nH]c(=O)[nH]1)(C(=O)O)c1ccccc1. The minimum atomic E-state index is -1.13. The number of nitrogens with zero attached hydrogens (tertiary/aromatic N) is 1. The van der Waals surface area contributed by atoms with E-state index in [0.29, 0.717) is 11.4 Å². The van der Waals surface area contributed by atoms with Crippen molar-refractivity contribution in [3.05, 3.63) is 52.2 Å². The number of hydrogen-bond acceptors (Lipinski definition) is 3. The molecule has 6 heteroatoms. The maximum atomic E-state index is 11.5. The number of hydrogen-bond donors (Lipinski definition) is 3. The van der Waals surface area contributed by atoms with Gasteiger partial charge in [-0.2, -0.15) is 5.10 Å². The van der Waals surface area contributed by atoms with Crippen LogP contribution < -0.4 is 5.69 Å². The van der Waals surface area contributed by atoms with E-state index in [9.17, 15) is 14.7 Å². The number of aromatic nitrogens is 3. The summed E-state index contributed by atoms with van der Waals surface area (Å²) in [7, 11) is 0. The van der Waals surface area contributed by atoms with Gasteiger partial charge in [-0.25, -0.2) is 9.89 Å². The molecule has 0 amide bonds. The molecule has 0 spiro atoms. The number of nitrogens with one attached hydrogen (secondary N) is 2. The maximum Gasteiger partial charge on any atom is 0.340 e. The van der Waals surface area contributed by atoms with E-state index in [2.05, 4.69) is 15.2 Å². The van der Waals surface area contributed by atoms with Crippen LogP contribution in [0.3, 0.4) is 0 Å². The van der Waals surface area contributed by atoms with Crippen molar-refractivity contribution in [2.24, 2.45) is 0 Å². The zero-order valence-corrected chi connectivity index (χ0v) is 9.80. The third kappa shape index (κ3) is 2.17. The van der Waals surface area contributed by atoms with Crippen LogP contribution in [0.2, 0.25) is 0 Å². The van der Waals surface area contributed by atoms with Gasteiger partial charge in [0.2, 0.25) is 0 Å². The Morgan fingerprint density at radius 3 is 2.56 bits per heavy atom. The lowest BCUT2D eigenvalue weighted by Crippen LogP contribution is -2.35. The average molecular weight is 247 g/mol. The van der Waals surface area contributed by atoms with Crippen molar-refractivity contribution in [1.29, 1.82) is 0 Å². The van der Waals surface area contributed by atoms with E-state index in [-0.39, 0.29) is 6.42 Å². The molecule has 1 unspecified atom stereocenters. The Bertz CT molecular complexity index is 602. The normalized spacial score (nSPS) is 14.1. The second kappa shape index (κ2) is 4.48. The fraction of sp³-hybridized carbons (Fsp3) is 0.250. The molecule has 0 fully saturated rings. The Kier molecular flexibility index (Phi) is 3.01. The summed E-state index contributed by atoms with van der Waals surface area (Å²) in [5.74, 6) is -0.633.